The first-order chi connectivity index (χ1) is 10.5. The van der Waals surface area contributed by atoms with E-state index in [1.54, 1.807) is 13.8 Å². The third-order valence-corrected chi connectivity index (χ3v) is 6.76. The lowest BCUT2D eigenvalue weighted by Gasteiger charge is -2.17. The Labute approximate surface area is 135 Å². The van der Waals surface area contributed by atoms with E-state index in [2.05, 4.69) is 5.32 Å². The summed E-state index contributed by atoms with van der Waals surface area (Å²) in [6, 6.07) is 1.45. The minimum absolute atomic E-state index is 0.0720. The molecular formula is C14H22N2O4S2. The van der Waals surface area contributed by atoms with E-state index in [1.165, 1.54) is 15.8 Å². The molecule has 1 aromatic heterocycles. The number of carbonyl (C=O) groups excluding carboxylic acids is 1. The Balaban J connectivity index is 2.02. The molecule has 124 valence electrons. The zero-order chi connectivity index (χ0) is 16.2. The van der Waals surface area contributed by atoms with Gasteiger partial charge in [0.2, 0.25) is 10.0 Å². The minimum atomic E-state index is -3.51. The van der Waals surface area contributed by atoms with Crippen LogP contribution in [0.2, 0.25) is 0 Å². The number of ether oxygens (including phenoxy) is 1. The number of rotatable bonds is 7. The van der Waals surface area contributed by atoms with Crippen LogP contribution in [0.3, 0.4) is 0 Å². The van der Waals surface area contributed by atoms with Gasteiger partial charge < -0.3 is 10.1 Å². The molecule has 0 aliphatic carbocycles. The molecule has 1 amide bonds. The second-order valence-corrected chi connectivity index (χ2v) is 7.93. The molecule has 0 spiro atoms. The molecule has 1 N–H and O–H groups in total. The van der Waals surface area contributed by atoms with E-state index in [0.29, 0.717) is 24.5 Å². The van der Waals surface area contributed by atoms with Crippen molar-refractivity contribution in [1.82, 2.24) is 9.62 Å². The maximum atomic E-state index is 12.4. The molecule has 0 unspecified atom stereocenters. The Bertz CT molecular complexity index is 602. The highest BCUT2D eigenvalue weighted by Gasteiger charge is 2.24. The van der Waals surface area contributed by atoms with E-state index in [0.717, 1.165) is 30.8 Å². The van der Waals surface area contributed by atoms with Gasteiger partial charge in [0, 0.05) is 31.6 Å². The van der Waals surface area contributed by atoms with E-state index in [-0.39, 0.29) is 16.9 Å². The Morgan fingerprint density at radius 3 is 2.77 bits per heavy atom. The van der Waals surface area contributed by atoms with Crippen molar-refractivity contribution >= 4 is 27.3 Å². The van der Waals surface area contributed by atoms with Gasteiger partial charge in [0.1, 0.15) is 0 Å². The Hall–Kier alpha value is -0.960. The summed E-state index contributed by atoms with van der Waals surface area (Å²) < 4.78 is 31.6. The van der Waals surface area contributed by atoms with Crippen molar-refractivity contribution in [2.75, 3.05) is 26.2 Å². The number of nitrogens with one attached hydrogen (secondary N) is 1. The van der Waals surface area contributed by atoms with Crippen LogP contribution in [-0.4, -0.2) is 51.0 Å². The van der Waals surface area contributed by atoms with Gasteiger partial charge in [-0.05, 0) is 18.9 Å². The lowest BCUT2D eigenvalue weighted by molar-refractivity contribution is 0.0861. The molecule has 1 saturated heterocycles. The fraction of sp³-hybridized carbons (Fsp3) is 0.643. The number of thiophene rings is 1. The lowest BCUT2D eigenvalue weighted by Crippen LogP contribution is -2.31. The van der Waals surface area contributed by atoms with E-state index >= 15 is 0 Å². The highest BCUT2D eigenvalue weighted by atomic mass is 32.2. The average molecular weight is 346 g/mol. The second kappa shape index (κ2) is 7.54. The third-order valence-electron chi connectivity index (χ3n) is 3.66. The van der Waals surface area contributed by atoms with Gasteiger partial charge in [0.15, 0.2) is 0 Å². The highest BCUT2D eigenvalue weighted by molar-refractivity contribution is 7.89. The normalized spacial score (nSPS) is 18.8. The van der Waals surface area contributed by atoms with Crippen LogP contribution in [0.1, 0.15) is 36.4 Å². The van der Waals surface area contributed by atoms with Crippen LogP contribution < -0.4 is 5.32 Å². The lowest BCUT2D eigenvalue weighted by atomic mass is 10.2. The number of sulfonamides is 1. The Kier molecular flexibility index (Phi) is 5.96. The number of hydrogen-bond donors (Lipinski definition) is 1. The monoisotopic (exact) mass is 346 g/mol. The molecule has 1 aliphatic rings. The number of hydrogen-bond acceptors (Lipinski definition) is 5. The molecule has 2 heterocycles. The van der Waals surface area contributed by atoms with Crippen molar-refractivity contribution in [3.63, 3.8) is 0 Å². The molecule has 6 nitrogen and oxygen atoms in total. The van der Waals surface area contributed by atoms with Gasteiger partial charge in [-0.25, -0.2) is 8.42 Å². The summed E-state index contributed by atoms with van der Waals surface area (Å²) >= 11 is 1.15. The number of amides is 1. The fourth-order valence-corrected chi connectivity index (χ4v) is 5.02. The van der Waals surface area contributed by atoms with Crippen LogP contribution in [0.5, 0.6) is 0 Å². The summed E-state index contributed by atoms with van der Waals surface area (Å²) in [5, 5.41) is 4.32. The largest absolute Gasteiger partial charge is 0.376 e. The zero-order valence-electron chi connectivity index (χ0n) is 12.9. The molecule has 2 rings (SSSR count). The fourth-order valence-electron chi connectivity index (χ4n) is 2.38. The van der Waals surface area contributed by atoms with Crippen LogP contribution in [0.4, 0.5) is 0 Å². The molecular weight excluding hydrogens is 324 g/mol. The Morgan fingerprint density at radius 2 is 2.18 bits per heavy atom. The molecule has 0 radical (unpaired) electrons. The van der Waals surface area contributed by atoms with Gasteiger partial charge in [-0.1, -0.05) is 13.8 Å². The summed E-state index contributed by atoms with van der Waals surface area (Å²) in [6.45, 7) is 5.62. The quantitative estimate of drug-likeness (QED) is 0.815. The zero-order valence-corrected chi connectivity index (χ0v) is 14.5. The van der Waals surface area contributed by atoms with Gasteiger partial charge >= 0.3 is 0 Å². The average Bonchev–Trinajstić information content (AvgIpc) is 3.17. The van der Waals surface area contributed by atoms with E-state index in [4.69, 9.17) is 4.74 Å². The molecule has 1 fully saturated rings. The Morgan fingerprint density at radius 1 is 1.45 bits per heavy atom. The molecule has 1 atom stereocenters. The molecule has 0 saturated carbocycles. The van der Waals surface area contributed by atoms with Crippen molar-refractivity contribution in [3.05, 3.63) is 16.3 Å². The summed E-state index contributed by atoms with van der Waals surface area (Å²) in [6.07, 6.45) is 2.04. The summed E-state index contributed by atoms with van der Waals surface area (Å²) in [7, 11) is -3.51. The van der Waals surface area contributed by atoms with Crippen molar-refractivity contribution in [2.24, 2.45) is 0 Å². The van der Waals surface area contributed by atoms with E-state index < -0.39 is 10.0 Å². The van der Waals surface area contributed by atoms with Gasteiger partial charge in [-0.2, -0.15) is 4.31 Å². The van der Waals surface area contributed by atoms with Gasteiger partial charge in [0.05, 0.1) is 15.9 Å². The highest BCUT2D eigenvalue weighted by Crippen LogP contribution is 2.22. The first-order valence-electron chi connectivity index (χ1n) is 7.47. The predicted octanol–water partition coefficient (Wildman–Crippen LogP) is 1.69. The molecule has 1 aliphatic heterocycles. The third kappa shape index (κ3) is 3.87. The maximum Gasteiger partial charge on any atom is 0.261 e. The molecule has 0 aromatic carbocycles. The molecule has 1 aromatic rings. The first kappa shape index (κ1) is 17.4. The number of carbonyl (C=O) groups is 1. The number of nitrogens with zero attached hydrogens (tertiary/aromatic N) is 1. The van der Waals surface area contributed by atoms with Crippen LogP contribution in [0, 0.1) is 0 Å². The summed E-state index contributed by atoms with van der Waals surface area (Å²) in [4.78, 5) is 12.7. The van der Waals surface area contributed by atoms with Crippen molar-refractivity contribution in [2.45, 2.75) is 37.7 Å². The van der Waals surface area contributed by atoms with E-state index in [1.807, 2.05) is 0 Å². The van der Waals surface area contributed by atoms with Crippen molar-refractivity contribution in [3.8, 4) is 0 Å². The van der Waals surface area contributed by atoms with Crippen LogP contribution in [-0.2, 0) is 14.8 Å². The van der Waals surface area contributed by atoms with Gasteiger partial charge in [-0.3, -0.25) is 4.79 Å². The summed E-state index contributed by atoms with van der Waals surface area (Å²) in [5.74, 6) is -0.249. The second-order valence-electron chi connectivity index (χ2n) is 5.08. The molecule has 22 heavy (non-hydrogen) atoms. The minimum Gasteiger partial charge on any atom is -0.376 e. The van der Waals surface area contributed by atoms with Crippen LogP contribution in [0.25, 0.3) is 0 Å². The SMILES string of the molecule is CCN(CC)S(=O)(=O)c1csc(C(=O)NC[C@@H]2CCCO2)c1. The molecule has 8 heteroatoms. The maximum absolute atomic E-state index is 12.4. The summed E-state index contributed by atoms with van der Waals surface area (Å²) in [5.41, 5.74) is 0. The smallest absolute Gasteiger partial charge is 0.261 e. The van der Waals surface area contributed by atoms with Crippen LogP contribution >= 0.6 is 11.3 Å². The van der Waals surface area contributed by atoms with Gasteiger partial charge in [0.25, 0.3) is 5.91 Å². The standard InChI is InChI=1S/C14H22N2O4S2/c1-3-16(4-2)22(18,19)12-8-13(21-10-12)14(17)15-9-11-6-5-7-20-11/h8,10-11H,3-7,9H2,1-2H3,(H,15,17)/t11-/m0/s1. The molecule has 0 bridgehead atoms. The van der Waals surface area contributed by atoms with Crippen LogP contribution in [0.15, 0.2) is 16.3 Å². The van der Waals surface area contributed by atoms with Gasteiger partial charge in [-0.15, -0.1) is 11.3 Å². The predicted molar refractivity (Wildman–Crippen MR) is 85.7 cm³/mol. The first-order valence-corrected chi connectivity index (χ1v) is 9.79. The van der Waals surface area contributed by atoms with E-state index in [9.17, 15) is 13.2 Å². The van der Waals surface area contributed by atoms with Crippen molar-refractivity contribution < 1.29 is 17.9 Å². The topological polar surface area (TPSA) is 75.7 Å². The van der Waals surface area contributed by atoms with Crippen molar-refractivity contribution in [1.29, 1.82) is 0 Å².